The van der Waals surface area contributed by atoms with Crippen LogP contribution < -0.4 is 15.5 Å². The zero-order chi connectivity index (χ0) is 22.8. The summed E-state index contributed by atoms with van der Waals surface area (Å²) in [7, 11) is -3.67. The maximum absolute atomic E-state index is 14.8. The average molecular weight is 454 g/mol. The topological polar surface area (TPSA) is 124 Å². The van der Waals surface area contributed by atoms with Crippen LogP contribution in [0.25, 0.3) is 4.85 Å². The number of carbonyl (C=O) groups is 2. The van der Waals surface area contributed by atoms with E-state index in [1.54, 1.807) is 12.1 Å². The van der Waals surface area contributed by atoms with E-state index in [1.807, 2.05) is 4.90 Å². The van der Waals surface area contributed by atoms with Crippen LogP contribution in [-0.4, -0.2) is 65.1 Å². The molecule has 2 aliphatic rings. The summed E-state index contributed by atoms with van der Waals surface area (Å²) in [5.41, 5.74) is 5.91. The monoisotopic (exact) mass is 454 g/mol. The van der Waals surface area contributed by atoms with Gasteiger partial charge in [-0.3, -0.25) is 13.9 Å². The Labute approximate surface area is 179 Å². The normalized spacial score (nSPS) is 20.9. The second kappa shape index (κ2) is 9.07. The van der Waals surface area contributed by atoms with E-state index in [-0.39, 0.29) is 24.8 Å². The third-order valence-corrected chi connectivity index (χ3v) is 5.91. The Bertz CT molecular complexity index is 1000. The predicted octanol–water partition coefficient (Wildman–Crippen LogP) is 1.12. The van der Waals surface area contributed by atoms with Gasteiger partial charge in [-0.2, -0.15) is 8.42 Å². The lowest BCUT2D eigenvalue weighted by atomic mass is 9.89. The molecule has 1 unspecified atom stereocenters. The Morgan fingerprint density at radius 1 is 1.42 bits per heavy atom. The summed E-state index contributed by atoms with van der Waals surface area (Å²) in [6, 6.07) is 3.49. The highest BCUT2D eigenvalue weighted by Crippen LogP contribution is 2.31. The van der Waals surface area contributed by atoms with Gasteiger partial charge in [0.2, 0.25) is 0 Å². The van der Waals surface area contributed by atoms with Crippen molar-refractivity contribution in [2.45, 2.75) is 25.0 Å². The maximum atomic E-state index is 14.8. The molecule has 168 valence electrons. The molecule has 0 radical (unpaired) electrons. The minimum atomic E-state index is -3.67. The smallest absolute Gasteiger partial charge is 0.414 e. The van der Waals surface area contributed by atoms with Crippen molar-refractivity contribution in [3.8, 4) is 0 Å². The average Bonchev–Trinajstić information content (AvgIpc) is 3.07. The van der Waals surface area contributed by atoms with Crippen LogP contribution in [0.4, 0.5) is 20.6 Å². The van der Waals surface area contributed by atoms with E-state index in [2.05, 4.69) is 9.03 Å². The number of cyclic esters (lactones) is 1. The van der Waals surface area contributed by atoms with Crippen LogP contribution in [0.3, 0.4) is 0 Å². The van der Waals surface area contributed by atoms with Crippen molar-refractivity contribution in [3.63, 3.8) is 0 Å². The zero-order valence-electron chi connectivity index (χ0n) is 16.9. The molecule has 31 heavy (non-hydrogen) atoms. The molecule has 1 aromatic rings. The van der Waals surface area contributed by atoms with Gasteiger partial charge in [-0.1, -0.05) is 0 Å². The molecule has 2 N–H and O–H groups in total. The third-order valence-electron chi connectivity index (χ3n) is 5.34. The molecule has 12 heteroatoms. The number of amides is 2. The molecule has 1 aromatic carbocycles. The lowest BCUT2D eigenvalue weighted by Gasteiger charge is -2.33. The van der Waals surface area contributed by atoms with E-state index in [0.29, 0.717) is 31.6 Å². The number of anilines is 2. The van der Waals surface area contributed by atoms with Crippen LogP contribution in [0, 0.1) is 18.3 Å². The number of rotatable bonds is 7. The number of carbonyl (C=O) groups excluding carboxylic acids is 2. The molecule has 0 aromatic heterocycles. The minimum absolute atomic E-state index is 0.0314. The fourth-order valence-electron chi connectivity index (χ4n) is 3.80. The second-order valence-electron chi connectivity index (χ2n) is 7.54. The van der Waals surface area contributed by atoms with Crippen LogP contribution >= 0.6 is 0 Å². The molecular formula is C19H23FN4O6S. The van der Waals surface area contributed by atoms with Crippen molar-refractivity contribution in [1.82, 2.24) is 0 Å². The summed E-state index contributed by atoms with van der Waals surface area (Å²) in [6.45, 7) is 7.80. The molecule has 2 aliphatic heterocycles. The van der Waals surface area contributed by atoms with Crippen molar-refractivity contribution in [1.29, 1.82) is 0 Å². The van der Waals surface area contributed by atoms with E-state index in [1.165, 1.54) is 11.0 Å². The number of piperidine rings is 1. The summed E-state index contributed by atoms with van der Waals surface area (Å²) in [6.07, 6.45) is 0.472. The number of ether oxygens (including phenoxy) is 1. The number of benzene rings is 1. The van der Waals surface area contributed by atoms with Gasteiger partial charge in [0.25, 0.3) is 10.1 Å². The van der Waals surface area contributed by atoms with Gasteiger partial charge in [0.15, 0.2) is 0 Å². The van der Waals surface area contributed by atoms with Crippen molar-refractivity contribution in [2.24, 2.45) is 11.7 Å². The van der Waals surface area contributed by atoms with E-state index in [0.717, 1.165) is 6.26 Å². The lowest BCUT2D eigenvalue weighted by molar-refractivity contribution is -0.119. The Hall–Kier alpha value is -2.91. The fraction of sp³-hybridized carbons (Fsp3) is 0.526. The summed E-state index contributed by atoms with van der Waals surface area (Å²) >= 11 is 0. The molecule has 10 nitrogen and oxygen atoms in total. The predicted molar refractivity (Wildman–Crippen MR) is 109 cm³/mol. The second-order valence-corrected chi connectivity index (χ2v) is 9.19. The first-order valence-electron chi connectivity index (χ1n) is 9.62. The number of hydrogen-bond donors (Lipinski definition) is 1. The van der Waals surface area contributed by atoms with Crippen molar-refractivity contribution < 1.29 is 31.3 Å². The summed E-state index contributed by atoms with van der Waals surface area (Å²) in [5.74, 6) is -1.32. The van der Waals surface area contributed by atoms with E-state index < -0.39 is 40.1 Å². The minimum Gasteiger partial charge on any atom is -0.441 e. The SMILES string of the molecule is [C-]#[N+]C(C(N)=O)C1CCN(c2ccc(N3C[C@H](COS(C)(=O)=O)OC3=O)cc2F)CC1. The highest BCUT2D eigenvalue weighted by atomic mass is 32.2. The Kier molecular flexibility index (Phi) is 6.66. The molecule has 0 aliphatic carbocycles. The maximum Gasteiger partial charge on any atom is 0.414 e. The Balaban J connectivity index is 1.64. The van der Waals surface area contributed by atoms with Crippen LogP contribution in [-0.2, 0) is 23.8 Å². The number of hydrogen-bond acceptors (Lipinski definition) is 7. The van der Waals surface area contributed by atoms with Crippen LogP contribution in [0.2, 0.25) is 0 Å². The van der Waals surface area contributed by atoms with Crippen molar-refractivity contribution in [2.75, 3.05) is 42.3 Å². The van der Waals surface area contributed by atoms with Gasteiger partial charge in [-0.15, -0.1) is 0 Å². The van der Waals surface area contributed by atoms with Crippen LogP contribution in [0.15, 0.2) is 18.2 Å². The number of primary amides is 1. The van der Waals surface area contributed by atoms with E-state index in [4.69, 9.17) is 17.0 Å². The Morgan fingerprint density at radius 3 is 2.65 bits per heavy atom. The molecule has 2 atom stereocenters. The quantitative estimate of drug-likeness (QED) is 0.484. The first kappa shape index (κ1) is 22.8. The molecule has 0 bridgehead atoms. The molecule has 2 amide bonds. The highest BCUT2D eigenvalue weighted by Gasteiger charge is 2.36. The first-order valence-corrected chi connectivity index (χ1v) is 11.4. The summed E-state index contributed by atoms with van der Waals surface area (Å²) in [4.78, 5) is 29.8. The number of nitrogens with zero attached hydrogens (tertiary/aromatic N) is 3. The molecular weight excluding hydrogens is 431 g/mol. The van der Waals surface area contributed by atoms with Gasteiger partial charge in [0, 0.05) is 19.0 Å². The van der Waals surface area contributed by atoms with Crippen molar-refractivity contribution in [3.05, 3.63) is 35.4 Å². The molecule has 3 rings (SSSR count). The Morgan fingerprint density at radius 2 is 2.10 bits per heavy atom. The van der Waals surface area contributed by atoms with Gasteiger partial charge >= 0.3 is 18.0 Å². The van der Waals surface area contributed by atoms with Gasteiger partial charge in [-0.25, -0.2) is 15.8 Å². The molecule has 2 saturated heterocycles. The fourth-order valence-corrected chi connectivity index (χ4v) is 4.20. The molecule has 0 saturated carbocycles. The van der Waals surface area contributed by atoms with Crippen LogP contribution in [0.1, 0.15) is 12.8 Å². The number of nitrogens with two attached hydrogens (primary N) is 1. The van der Waals surface area contributed by atoms with Gasteiger partial charge < -0.3 is 20.2 Å². The molecule has 2 fully saturated rings. The van der Waals surface area contributed by atoms with E-state index in [9.17, 15) is 22.4 Å². The molecule has 2 heterocycles. The lowest BCUT2D eigenvalue weighted by Crippen LogP contribution is -2.41. The third kappa shape index (κ3) is 5.42. The van der Waals surface area contributed by atoms with Gasteiger partial charge in [0.1, 0.15) is 18.5 Å². The van der Waals surface area contributed by atoms with Gasteiger partial charge in [0.05, 0.1) is 24.2 Å². The van der Waals surface area contributed by atoms with E-state index >= 15 is 0 Å². The summed E-state index contributed by atoms with van der Waals surface area (Å²) in [5, 5.41) is 0. The standard InChI is InChI=1S/C19H23FN4O6S/c1-22-17(18(21)25)12-5-7-23(8-6-12)16-4-3-13(9-15(16)20)24-10-14(30-19(24)26)11-29-31(2,27)28/h3-4,9,12,14,17H,5-8,10-11H2,2H3,(H2,21,25)/t14-,17?/m1/s1. The van der Waals surface area contributed by atoms with Crippen LogP contribution in [0.5, 0.6) is 0 Å². The zero-order valence-corrected chi connectivity index (χ0v) is 17.7. The molecule has 0 spiro atoms. The highest BCUT2D eigenvalue weighted by molar-refractivity contribution is 7.85. The first-order chi connectivity index (χ1) is 14.6. The van der Waals surface area contributed by atoms with Gasteiger partial charge in [-0.05, 0) is 31.0 Å². The summed E-state index contributed by atoms with van der Waals surface area (Å²) < 4.78 is 46.7. The number of halogens is 1. The van der Waals surface area contributed by atoms with Crippen molar-refractivity contribution >= 4 is 33.5 Å². The largest absolute Gasteiger partial charge is 0.441 e.